The number of hydrogen-bond acceptors (Lipinski definition) is 2. The molecule has 2 aromatic carbocycles. The SMILES string of the molecule is Nc1ccc2c(c1)ncn2-c1cccc(Br)c1. The lowest BCUT2D eigenvalue weighted by Gasteiger charge is -2.04. The third kappa shape index (κ3) is 1.80. The molecule has 84 valence electrons. The second kappa shape index (κ2) is 3.89. The second-order valence-electron chi connectivity index (χ2n) is 3.84. The van der Waals surface area contributed by atoms with Gasteiger partial charge in [0.25, 0.3) is 0 Å². The summed E-state index contributed by atoms with van der Waals surface area (Å²) in [6.45, 7) is 0. The minimum Gasteiger partial charge on any atom is -0.399 e. The molecule has 0 aliphatic heterocycles. The van der Waals surface area contributed by atoms with E-state index in [9.17, 15) is 0 Å². The van der Waals surface area contributed by atoms with Gasteiger partial charge in [0.2, 0.25) is 0 Å². The van der Waals surface area contributed by atoms with Crippen LogP contribution in [0.25, 0.3) is 16.7 Å². The zero-order valence-electron chi connectivity index (χ0n) is 8.97. The van der Waals surface area contributed by atoms with Crippen LogP contribution in [0.1, 0.15) is 0 Å². The number of nitrogens with two attached hydrogens (primary N) is 1. The first-order chi connectivity index (χ1) is 8.24. The first kappa shape index (κ1) is 10.4. The van der Waals surface area contributed by atoms with Gasteiger partial charge in [-0.1, -0.05) is 22.0 Å². The van der Waals surface area contributed by atoms with Crippen LogP contribution in [-0.2, 0) is 0 Å². The molecule has 3 aromatic rings. The predicted octanol–water partition coefficient (Wildman–Crippen LogP) is 3.37. The summed E-state index contributed by atoms with van der Waals surface area (Å²) in [4.78, 5) is 4.35. The maximum absolute atomic E-state index is 5.74. The third-order valence-corrected chi connectivity index (χ3v) is 3.15. The Morgan fingerprint density at radius 2 is 2.00 bits per heavy atom. The van der Waals surface area contributed by atoms with Gasteiger partial charge >= 0.3 is 0 Å². The number of aromatic nitrogens is 2. The van der Waals surface area contributed by atoms with Crippen LogP contribution in [0.15, 0.2) is 53.3 Å². The third-order valence-electron chi connectivity index (χ3n) is 2.66. The van der Waals surface area contributed by atoms with Crippen molar-refractivity contribution in [2.75, 3.05) is 5.73 Å². The highest BCUT2D eigenvalue weighted by Gasteiger charge is 2.04. The highest BCUT2D eigenvalue weighted by molar-refractivity contribution is 9.10. The number of anilines is 1. The first-order valence-electron chi connectivity index (χ1n) is 5.22. The molecule has 3 rings (SSSR count). The van der Waals surface area contributed by atoms with Crippen molar-refractivity contribution >= 4 is 32.7 Å². The van der Waals surface area contributed by atoms with Crippen LogP contribution in [0.4, 0.5) is 5.69 Å². The molecule has 4 heteroatoms. The van der Waals surface area contributed by atoms with Crippen LogP contribution in [0.5, 0.6) is 0 Å². The summed E-state index contributed by atoms with van der Waals surface area (Å²) in [6, 6.07) is 13.9. The fourth-order valence-corrected chi connectivity index (χ4v) is 2.25. The van der Waals surface area contributed by atoms with E-state index in [1.807, 2.05) is 47.3 Å². The van der Waals surface area contributed by atoms with E-state index >= 15 is 0 Å². The van der Waals surface area contributed by atoms with Gasteiger partial charge in [-0.05, 0) is 36.4 Å². The molecule has 0 atom stereocenters. The zero-order valence-corrected chi connectivity index (χ0v) is 10.6. The van der Waals surface area contributed by atoms with E-state index in [1.165, 1.54) is 0 Å². The highest BCUT2D eigenvalue weighted by Crippen LogP contribution is 2.22. The average molecular weight is 288 g/mol. The summed E-state index contributed by atoms with van der Waals surface area (Å²) >= 11 is 3.47. The molecule has 17 heavy (non-hydrogen) atoms. The van der Waals surface area contributed by atoms with Gasteiger partial charge in [0.05, 0.1) is 11.0 Å². The second-order valence-corrected chi connectivity index (χ2v) is 4.76. The summed E-state index contributed by atoms with van der Waals surface area (Å²) in [5, 5.41) is 0. The van der Waals surface area contributed by atoms with Crippen LogP contribution in [0.2, 0.25) is 0 Å². The summed E-state index contributed by atoms with van der Waals surface area (Å²) in [5.41, 5.74) is 9.51. The molecule has 0 saturated heterocycles. The molecule has 0 unspecified atom stereocenters. The van der Waals surface area contributed by atoms with Crippen molar-refractivity contribution in [3.63, 3.8) is 0 Å². The zero-order chi connectivity index (χ0) is 11.8. The standard InChI is InChI=1S/C13H10BrN3/c14-9-2-1-3-11(6-9)17-8-16-12-7-10(15)4-5-13(12)17/h1-8H,15H2. The molecule has 1 aromatic heterocycles. The summed E-state index contributed by atoms with van der Waals surface area (Å²) < 4.78 is 3.09. The number of imidazole rings is 1. The molecule has 3 nitrogen and oxygen atoms in total. The van der Waals surface area contributed by atoms with Crippen molar-refractivity contribution in [1.82, 2.24) is 9.55 Å². The molecule has 0 aliphatic rings. The molecule has 0 bridgehead atoms. The van der Waals surface area contributed by atoms with Crippen LogP contribution in [-0.4, -0.2) is 9.55 Å². The smallest absolute Gasteiger partial charge is 0.100 e. The van der Waals surface area contributed by atoms with E-state index in [-0.39, 0.29) is 0 Å². The minimum atomic E-state index is 0.733. The minimum absolute atomic E-state index is 0.733. The number of hydrogen-bond donors (Lipinski definition) is 1. The number of nitrogens with zero attached hydrogens (tertiary/aromatic N) is 2. The topological polar surface area (TPSA) is 43.8 Å². The van der Waals surface area contributed by atoms with Crippen molar-refractivity contribution < 1.29 is 0 Å². The monoisotopic (exact) mass is 287 g/mol. The molecular weight excluding hydrogens is 278 g/mol. The van der Waals surface area contributed by atoms with Gasteiger partial charge in [-0.15, -0.1) is 0 Å². The van der Waals surface area contributed by atoms with Crippen molar-refractivity contribution in [1.29, 1.82) is 0 Å². The van der Waals surface area contributed by atoms with Gasteiger partial charge in [-0.3, -0.25) is 4.57 Å². The van der Waals surface area contributed by atoms with E-state index in [1.54, 1.807) is 0 Å². The van der Waals surface area contributed by atoms with Gasteiger partial charge in [0, 0.05) is 15.8 Å². The Labute approximate surface area is 107 Å². The maximum Gasteiger partial charge on any atom is 0.100 e. The normalized spacial score (nSPS) is 10.9. The van der Waals surface area contributed by atoms with E-state index in [2.05, 4.69) is 27.0 Å². The molecule has 0 saturated carbocycles. The Morgan fingerprint density at radius 1 is 1.12 bits per heavy atom. The first-order valence-corrected chi connectivity index (χ1v) is 6.02. The number of nitrogen functional groups attached to an aromatic ring is 1. The maximum atomic E-state index is 5.74. The van der Waals surface area contributed by atoms with Crippen LogP contribution >= 0.6 is 15.9 Å². The Balaban J connectivity index is 2.24. The summed E-state index contributed by atoms with van der Waals surface area (Å²) in [5.74, 6) is 0. The number of halogens is 1. The van der Waals surface area contributed by atoms with E-state index in [0.717, 1.165) is 26.9 Å². The number of rotatable bonds is 1. The van der Waals surface area contributed by atoms with Crippen molar-refractivity contribution in [2.45, 2.75) is 0 Å². The Kier molecular flexibility index (Phi) is 2.37. The molecule has 2 N–H and O–H groups in total. The molecule has 0 amide bonds. The Hall–Kier alpha value is -1.81. The lowest BCUT2D eigenvalue weighted by molar-refractivity contribution is 1.09. The van der Waals surface area contributed by atoms with Gasteiger partial charge in [-0.2, -0.15) is 0 Å². The van der Waals surface area contributed by atoms with Gasteiger partial charge in [0.15, 0.2) is 0 Å². The van der Waals surface area contributed by atoms with Gasteiger partial charge in [0.1, 0.15) is 6.33 Å². The molecule has 0 aliphatic carbocycles. The fourth-order valence-electron chi connectivity index (χ4n) is 1.86. The lowest BCUT2D eigenvalue weighted by atomic mass is 10.2. The Morgan fingerprint density at radius 3 is 2.82 bits per heavy atom. The summed E-state index contributed by atoms with van der Waals surface area (Å²) in [6.07, 6.45) is 1.81. The molecular formula is C13H10BrN3. The lowest BCUT2D eigenvalue weighted by Crippen LogP contribution is -1.91. The molecule has 0 fully saturated rings. The van der Waals surface area contributed by atoms with E-state index < -0.39 is 0 Å². The number of benzene rings is 2. The van der Waals surface area contributed by atoms with Crippen LogP contribution in [0, 0.1) is 0 Å². The number of fused-ring (bicyclic) bond motifs is 1. The van der Waals surface area contributed by atoms with E-state index in [4.69, 9.17) is 5.73 Å². The van der Waals surface area contributed by atoms with Gasteiger partial charge in [-0.25, -0.2) is 4.98 Å². The predicted molar refractivity (Wildman–Crippen MR) is 73.2 cm³/mol. The molecule has 1 heterocycles. The fraction of sp³-hybridized carbons (Fsp3) is 0. The highest BCUT2D eigenvalue weighted by atomic mass is 79.9. The largest absolute Gasteiger partial charge is 0.399 e. The Bertz CT molecular complexity index is 688. The molecule has 0 spiro atoms. The average Bonchev–Trinajstić information content (AvgIpc) is 2.71. The summed E-state index contributed by atoms with van der Waals surface area (Å²) in [7, 11) is 0. The van der Waals surface area contributed by atoms with Crippen LogP contribution < -0.4 is 5.73 Å². The van der Waals surface area contributed by atoms with Gasteiger partial charge < -0.3 is 5.73 Å². The van der Waals surface area contributed by atoms with Crippen molar-refractivity contribution in [2.24, 2.45) is 0 Å². The molecule has 0 radical (unpaired) electrons. The van der Waals surface area contributed by atoms with Crippen molar-refractivity contribution in [3.8, 4) is 5.69 Å². The van der Waals surface area contributed by atoms with E-state index in [0.29, 0.717) is 0 Å². The van der Waals surface area contributed by atoms with Crippen molar-refractivity contribution in [3.05, 3.63) is 53.3 Å². The van der Waals surface area contributed by atoms with Crippen LogP contribution in [0.3, 0.4) is 0 Å². The quantitative estimate of drug-likeness (QED) is 0.698.